The van der Waals surface area contributed by atoms with Crippen molar-refractivity contribution in [2.75, 3.05) is 52.5 Å². The lowest BCUT2D eigenvalue weighted by molar-refractivity contribution is -0.133. The highest BCUT2D eigenvalue weighted by atomic mass is 16.5. The smallest absolute Gasteiger partial charge is 0.317 e. The molecule has 1 N–H and O–H groups in total. The predicted octanol–water partition coefficient (Wildman–Crippen LogP) is 3.65. The zero-order valence-electron chi connectivity index (χ0n) is 22.5. The van der Waals surface area contributed by atoms with Gasteiger partial charge in [-0.25, -0.2) is 9.80 Å². The highest BCUT2D eigenvalue weighted by molar-refractivity contribution is 6.03. The SMILES string of the molecule is CCNC(=O)N(CCN1CCOCC1)CC(=O)N1N=C(c2ccc(C)c(C)c2)C[C@H]1c1ccc(C)cc1. The summed E-state index contributed by atoms with van der Waals surface area (Å²) in [7, 11) is 0. The first-order chi connectivity index (χ1) is 17.9. The lowest BCUT2D eigenvalue weighted by atomic mass is 9.96. The van der Waals surface area contributed by atoms with Crippen molar-refractivity contribution >= 4 is 17.6 Å². The average Bonchev–Trinajstić information content (AvgIpc) is 3.35. The molecule has 3 amide bonds. The van der Waals surface area contributed by atoms with Crippen LogP contribution in [0.4, 0.5) is 4.79 Å². The molecule has 0 spiro atoms. The number of hydrogen-bond acceptors (Lipinski definition) is 5. The van der Waals surface area contributed by atoms with Crippen molar-refractivity contribution in [2.45, 2.75) is 40.2 Å². The Hall–Kier alpha value is -3.23. The van der Waals surface area contributed by atoms with Crippen LogP contribution in [0.3, 0.4) is 0 Å². The number of nitrogens with one attached hydrogen (secondary N) is 1. The number of hydrogen-bond donors (Lipinski definition) is 1. The minimum Gasteiger partial charge on any atom is -0.379 e. The molecule has 2 aromatic carbocycles. The average molecular weight is 506 g/mol. The standard InChI is InChI=1S/C29H39N5O3/c1-5-30-29(36)33(13-12-32-14-16-37-17-15-32)20-28(35)34-27(24-9-6-21(2)7-10-24)19-26(31-34)25-11-8-22(3)23(4)18-25/h6-11,18,27H,5,12-17,19-20H2,1-4H3,(H,30,36)/t27-/m0/s1. The molecule has 0 bridgehead atoms. The van der Waals surface area contributed by atoms with Gasteiger partial charge in [-0.2, -0.15) is 5.10 Å². The maximum absolute atomic E-state index is 13.7. The van der Waals surface area contributed by atoms with E-state index >= 15 is 0 Å². The van der Waals surface area contributed by atoms with Crippen molar-refractivity contribution in [3.63, 3.8) is 0 Å². The molecule has 4 rings (SSSR count). The van der Waals surface area contributed by atoms with E-state index in [1.165, 1.54) is 16.7 Å². The van der Waals surface area contributed by atoms with Crippen molar-refractivity contribution < 1.29 is 14.3 Å². The van der Waals surface area contributed by atoms with Crippen LogP contribution in [0.1, 0.15) is 47.2 Å². The van der Waals surface area contributed by atoms with Crippen LogP contribution in [0, 0.1) is 20.8 Å². The number of hydrazone groups is 1. The summed E-state index contributed by atoms with van der Waals surface area (Å²) >= 11 is 0. The Bertz CT molecular complexity index is 1120. The molecule has 198 valence electrons. The van der Waals surface area contributed by atoms with Crippen molar-refractivity contribution in [3.8, 4) is 0 Å². The van der Waals surface area contributed by atoms with E-state index in [0.717, 1.165) is 29.9 Å². The van der Waals surface area contributed by atoms with Gasteiger partial charge in [0, 0.05) is 39.1 Å². The molecule has 1 fully saturated rings. The topological polar surface area (TPSA) is 77.5 Å². The summed E-state index contributed by atoms with van der Waals surface area (Å²) in [5.74, 6) is -0.183. The van der Waals surface area contributed by atoms with Crippen LogP contribution in [-0.2, 0) is 9.53 Å². The fourth-order valence-electron chi connectivity index (χ4n) is 4.72. The summed E-state index contributed by atoms with van der Waals surface area (Å²) in [6.45, 7) is 12.8. The van der Waals surface area contributed by atoms with Gasteiger partial charge in [0.15, 0.2) is 0 Å². The first-order valence-corrected chi connectivity index (χ1v) is 13.2. The monoisotopic (exact) mass is 505 g/mol. The van der Waals surface area contributed by atoms with Crippen LogP contribution in [0.5, 0.6) is 0 Å². The summed E-state index contributed by atoms with van der Waals surface area (Å²) in [4.78, 5) is 30.5. The molecule has 2 aliphatic rings. The number of morpholine rings is 1. The van der Waals surface area contributed by atoms with Crippen molar-refractivity contribution in [1.82, 2.24) is 20.1 Å². The normalized spacial score (nSPS) is 18.0. The van der Waals surface area contributed by atoms with Gasteiger partial charge in [0.1, 0.15) is 6.54 Å². The van der Waals surface area contributed by atoms with Gasteiger partial charge >= 0.3 is 6.03 Å². The summed E-state index contributed by atoms with van der Waals surface area (Å²) in [5, 5.41) is 9.29. The van der Waals surface area contributed by atoms with Gasteiger partial charge in [-0.1, -0.05) is 42.0 Å². The molecule has 37 heavy (non-hydrogen) atoms. The molecule has 8 heteroatoms. The van der Waals surface area contributed by atoms with E-state index in [-0.39, 0.29) is 24.5 Å². The third-order valence-electron chi connectivity index (χ3n) is 7.20. The number of rotatable bonds is 8. The molecule has 0 unspecified atom stereocenters. The summed E-state index contributed by atoms with van der Waals surface area (Å²) in [5.41, 5.74) is 6.55. The Balaban J connectivity index is 1.56. The lowest BCUT2D eigenvalue weighted by Crippen LogP contribution is -2.49. The van der Waals surface area contributed by atoms with Crippen LogP contribution >= 0.6 is 0 Å². The van der Waals surface area contributed by atoms with Gasteiger partial charge in [0.05, 0.1) is 25.0 Å². The quantitative estimate of drug-likeness (QED) is 0.594. The molecule has 1 saturated heterocycles. The zero-order valence-corrected chi connectivity index (χ0v) is 22.5. The van der Waals surface area contributed by atoms with Crippen LogP contribution in [-0.4, -0.2) is 84.9 Å². The van der Waals surface area contributed by atoms with Gasteiger partial charge in [0.25, 0.3) is 5.91 Å². The van der Waals surface area contributed by atoms with E-state index in [9.17, 15) is 9.59 Å². The highest BCUT2D eigenvalue weighted by Crippen LogP contribution is 2.33. The zero-order chi connectivity index (χ0) is 26.4. The summed E-state index contributed by atoms with van der Waals surface area (Å²) < 4.78 is 5.44. The third-order valence-corrected chi connectivity index (χ3v) is 7.20. The molecule has 0 aromatic heterocycles. The van der Waals surface area contributed by atoms with Crippen LogP contribution in [0.2, 0.25) is 0 Å². The maximum Gasteiger partial charge on any atom is 0.317 e. The molecular weight excluding hydrogens is 466 g/mol. The largest absolute Gasteiger partial charge is 0.379 e. The molecule has 2 aromatic rings. The number of aryl methyl sites for hydroxylation is 3. The van der Waals surface area contributed by atoms with Crippen LogP contribution in [0.25, 0.3) is 0 Å². The first-order valence-electron chi connectivity index (χ1n) is 13.2. The van der Waals surface area contributed by atoms with E-state index in [4.69, 9.17) is 9.84 Å². The first kappa shape index (κ1) is 26.8. The minimum atomic E-state index is -0.228. The number of carbonyl (C=O) groups excluding carboxylic acids is 2. The second-order valence-corrected chi connectivity index (χ2v) is 9.93. The molecule has 8 nitrogen and oxygen atoms in total. The number of nitrogens with zero attached hydrogens (tertiary/aromatic N) is 4. The van der Waals surface area contributed by atoms with Crippen molar-refractivity contribution in [1.29, 1.82) is 0 Å². The highest BCUT2D eigenvalue weighted by Gasteiger charge is 2.34. The van der Waals surface area contributed by atoms with Gasteiger partial charge in [-0.3, -0.25) is 9.69 Å². The number of ether oxygens (including phenoxy) is 1. The van der Waals surface area contributed by atoms with E-state index < -0.39 is 0 Å². The molecule has 2 aliphatic heterocycles. The maximum atomic E-state index is 13.7. The van der Waals surface area contributed by atoms with E-state index in [2.05, 4.69) is 73.5 Å². The van der Waals surface area contributed by atoms with E-state index in [1.807, 2.05) is 6.92 Å². The Morgan fingerprint density at radius 3 is 2.46 bits per heavy atom. The number of amides is 3. The number of carbonyl (C=O) groups is 2. The van der Waals surface area contributed by atoms with Crippen LogP contribution in [0.15, 0.2) is 47.6 Å². The molecule has 0 aliphatic carbocycles. The lowest BCUT2D eigenvalue weighted by Gasteiger charge is -2.31. The number of urea groups is 1. The molecule has 2 heterocycles. The third kappa shape index (κ3) is 6.76. The molecule has 0 saturated carbocycles. The Kier molecular flexibility index (Phi) is 8.95. The Labute approximate surface area is 220 Å². The summed E-state index contributed by atoms with van der Waals surface area (Å²) in [6.07, 6.45) is 0.631. The fraction of sp³-hybridized carbons (Fsp3) is 0.483. The van der Waals surface area contributed by atoms with Gasteiger partial charge in [-0.05, 0) is 56.0 Å². The molecule has 0 radical (unpaired) electrons. The van der Waals surface area contributed by atoms with Gasteiger partial charge in [0.2, 0.25) is 0 Å². The van der Waals surface area contributed by atoms with Crippen molar-refractivity contribution in [3.05, 3.63) is 70.3 Å². The van der Waals surface area contributed by atoms with Crippen molar-refractivity contribution in [2.24, 2.45) is 5.10 Å². The second kappa shape index (κ2) is 12.3. The van der Waals surface area contributed by atoms with E-state index in [1.54, 1.807) is 9.91 Å². The van der Waals surface area contributed by atoms with E-state index in [0.29, 0.717) is 39.3 Å². The Morgan fingerprint density at radius 1 is 1.05 bits per heavy atom. The van der Waals surface area contributed by atoms with Gasteiger partial charge in [-0.15, -0.1) is 0 Å². The number of benzene rings is 2. The fourth-order valence-corrected chi connectivity index (χ4v) is 4.72. The second-order valence-electron chi connectivity index (χ2n) is 9.93. The van der Waals surface area contributed by atoms with Crippen LogP contribution < -0.4 is 5.32 Å². The molecule has 1 atom stereocenters. The predicted molar refractivity (Wildman–Crippen MR) is 146 cm³/mol. The molecular formula is C29H39N5O3. The Morgan fingerprint density at radius 2 is 1.78 bits per heavy atom. The summed E-state index contributed by atoms with van der Waals surface area (Å²) in [6, 6.07) is 14.1. The minimum absolute atomic E-state index is 0.0256. The van der Waals surface area contributed by atoms with Gasteiger partial charge < -0.3 is 15.0 Å².